The summed E-state index contributed by atoms with van der Waals surface area (Å²) in [5.41, 5.74) is 1.85. The van der Waals surface area contributed by atoms with Crippen LogP contribution in [0.4, 0.5) is 4.39 Å². The highest BCUT2D eigenvalue weighted by Crippen LogP contribution is 2.32. The smallest absolute Gasteiger partial charge is 0.252 e. The molecule has 2 aliphatic heterocycles. The summed E-state index contributed by atoms with van der Waals surface area (Å²) >= 11 is 0. The Morgan fingerprint density at radius 1 is 1.30 bits per heavy atom. The molecule has 174 valence electrons. The first-order chi connectivity index (χ1) is 15.8. The zero-order valence-electron chi connectivity index (χ0n) is 18.3. The molecule has 4 heterocycles. The first-order valence-electron chi connectivity index (χ1n) is 11.1. The van der Waals surface area contributed by atoms with Gasteiger partial charge in [-0.05, 0) is 44.4 Å². The Labute approximate surface area is 191 Å². The predicted molar refractivity (Wildman–Crippen MR) is 121 cm³/mol. The molecule has 0 spiro atoms. The molecule has 2 saturated heterocycles. The van der Waals surface area contributed by atoms with Crippen molar-refractivity contribution in [3.63, 3.8) is 0 Å². The second-order valence-electron chi connectivity index (χ2n) is 8.67. The van der Waals surface area contributed by atoms with E-state index in [0.717, 1.165) is 12.8 Å². The van der Waals surface area contributed by atoms with Crippen molar-refractivity contribution in [3.05, 3.63) is 47.4 Å². The Balaban J connectivity index is 1.62. The minimum absolute atomic E-state index is 0.0233. The molecule has 0 radical (unpaired) electrons. The van der Waals surface area contributed by atoms with Gasteiger partial charge in [-0.3, -0.25) is 4.79 Å². The topological polar surface area (TPSA) is 103 Å². The summed E-state index contributed by atoms with van der Waals surface area (Å²) < 4.78 is 46.0. The van der Waals surface area contributed by atoms with Crippen LogP contribution >= 0.6 is 0 Å². The highest BCUT2D eigenvalue weighted by molar-refractivity contribution is 7.91. The number of ether oxygens (including phenoxy) is 1. The van der Waals surface area contributed by atoms with Crippen LogP contribution in [0.15, 0.2) is 30.3 Å². The lowest BCUT2D eigenvalue weighted by Gasteiger charge is -2.14. The minimum atomic E-state index is -3.16. The fourth-order valence-corrected chi connectivity index (χ4v) is 6.32. The second kappa shape index (κ2) is 8.49. The standard InChI is InChI=1S/C23H25FN4O4S/c1-14-21-18(23(29)25-12-16-5-4-9-32-16)11-20(17-6-2-3-7-19(17)24)26-22(21)28(27-14)15-8-10-33(30,31)13-15/h2-3,6-7,11,15-16H,4-5,8-10,12-13H2,1H3,(H,25,29). The van der Waals surface area contributed by atoms with Gasteiger partial charge in [0.25, 0.3) is 5.91 Å². The maximum Gasteiger partial charge on any atom is 0.252 e. The van der Waals surface area contributed by atoms with Crippen molar-refractivity contribution >= 4 is 26.8 Å². The van der Waals surface area contributed by atoms with Crippen LogP contribution in [0.2, 0.25) is 0 Å². The molecule has 2 aliphatic rings. The molecule has 0 saturated carbocycles. The fourth-order valence-electron chi connectivity index (χ4n) is 4.63. The van der Waals surface area contributed by atoms with Crippen molar-refractivity contribution in [2.45, 2.75) is 38.3 Å². The van der Waals surface area contributed by atoms with E-state index in [1.807, 2.05) is 0 Å². The average molecular weight is 473 g/mol. The number of carbonyl (C=O) groups is 1. The van der Waals surface area contributed by atoms with Crippen molar-refractivity contribution in [2.75, 3.05) is 24.7 Å². The Hall–Kier alpha value is -2.85. The largest absolute Gasteiger partial charge is 0.376 e. The average Bonchev–Trinajstić information content (AvgIpc) is 3.51. The van der Waals surface area contributed by atoms with E-state index in [4.69, 9.17) is 4.74 Å². The molecule has 1 aromatic carbocycles. The zero-order chi connectivity index (χ0) is 23.2. The van der Waals surface area contributed by atoms with Gasteiger partial charge in [0.15, 0.2) is 15.5 Å². The lowest BCUT2D eigenvalue weighted by molar-refractivity contribution is 0.0859. The molecule has 2 atom stereocenters. The molecule has 3 aromatic rings. The summed E-state index contributed by atoms with van der Waals surface area (Å²) in [5, 5.41) is 8.04. The van der Waals surface area contributed by atoms with E-state index in [0.29, 0.717) is 47.6 Å². The van der Waals surface area contributed by atoms with Crippen LogP contribution in [0.5, 0.6) is 0 Å². The maximum absolute atomic E-state index is 14.6. The quantitative estimate of drug-likeness (QED) is 0.613. The summed E-state index contributed by atoms with van der Waals surface area (Å²) in [6, 6.07) is 7.43. The first kappa shape index (κ1) is 22.0. The number of nitrogens with one attached hydrogen (secondary N) is 1. The van der Waals surface area contributed by atoms with Gasteiger partial charge in [-0.15, -0.1) is 0 Å². The number of nitrogens with zero attached hydrogens (tertiary/aromatic N) is 3. The van der Waals surface area contributed by atoms with Crippen LogP contribution in [0.25, 0.3) is 22.3 Å². The lowest BCUT2D eigenvalue weighted by atomic mass is 10.0. The monoisotopic (exact) mass is 472 g/mol. The molecule has 0 bridgehead atoms. The van der Waals surface area contributed by atoms with E-state index >= 15 is 0 Å². The molecule has 0 aliphatic carbocycles. The number of hydrogen-bond acceptors (Lipinski definition) is 6. The molecule has 1 N–H and O–H groups in total. The van der Waals surface area contributed by atoms with Crippen LogP contribution in [-0.4, -0.2) is 59.9 Å². The lowest BCUT2D eigenvalue weighted by Crippen LogP contribution is -2.32. The molecular weight excluding hydrogens is 447 g/mol. The molecule has 2 fully saturated rings. The van der Waals surface area contributed by atoms with Gasteiger partial charge in [0, 0.05) is 18.7 Å². The Bertz CT molecular complexity index is 1330. The first-order valence-corrected chi connectivity index (χ1v) is 12.9. The third kappa shape index (κ3) is 4.24. The van der Waals surface area contributed by atoms with Gasteiger partial charge in [-0.2, -0.15) is 5.10 Å². The number of hydrogen-bond donors (Lipinski definition) is 1. The minimum Gasteiger partial charge on any atom is -0.376 e. The Kier molecular flexibility index (Phi) is 5.65. The molecule has 8 nitrogen and oxygen atoms in total. The highest BCUT2D eigenvalue weighted by atomic mass is 32.2. The van der Waals surface area contributed by atoms with E-state index in [2.05, 4.69) is 15.4 Å². The fraction of sp³-hybridized carbons (Fsp3) is 0.435. The van der Waals surface area contributed by atoms with Crippen LogP contribution in [0, 0.1) is 12.7 Å². The van der Waals surface area contributed by atoms with Crippen molar-refractivity contribution < 1.29 is 22.3 Å². The summed E-state index contributed by atoms with van der Waals surface area (Å²) in [6.07, 6.45) is 2.25. The number of benzene rings is 1. The van der Waals surface area contributed by atoms with Crippen molar-refractivity contribution in [2.24, 2.45) is 0 Å². The van der Waals surface area contributed by atoms with E-state index in [9.17, 15) is 17.6 Å². The van der Waals surface area contributed by atoms with E-state index in [-0.39, 0.29) is 35.1 Å². The van der Waals surface area contributed by atoms with Gasteiger partial charge in [0.1, 0.15) is 5.82 Å². The Morgan fingerprint density at radius 2 is 2.12 bits per heavy atom. The normalized spacial score (nSPS) is 22.1. The number of pyridine rings is 1. The van der Waals surface area contributed by atoms with Crippen LogP contribution in [0.3, 0.4) is 0 Å². The van der Waals surface area contributed by atoms with Crippen LogP contribution < -0.4 is 5.32 Å². The summed E-state index contributed by atoms with van der Waals surface area (Å²) in [6.45, 7) is 2.84. The third-order valence-corrected chi connectivity index (χ3v) is 8.05. The highest BCUT2D eigenvalue weighted by Gasteiger charge is 2.32. The molecule has 1 amide bonds. The van der Waals surface area contributed by atoms with Crippen LogP contribution in [-0.2, 0) is 14.6 Å². The van der Waals surface area contributed by atoms with E-state index in [1.54, 1.807) is 35.9 Å². The van der Waals surface area contributed by atoms with Crippen LogP contribution in [0.1, 0.15) is 41.4 Å². The van der Waals surface area contributed by atoms with Gasteiger partial charge in [-0.1, -0.05) is 12.1 Å². The predicted octanol–water partition coefficient (Wildman–Crippen LogP) is 2.81. The van der Waals surface area contributed by atoms with Gasteiger partial charge in [-0.25, -0.2) is 22.5 Å². The number of aromatic nitrogens is 3. The summed E-state index contributed by atoms with van der Waals surface area (Å²) in [4.78, 5) is 17.9. The summed E-state index contributed by atoms with van der Waals surface area (Å²) in [7, 11) is -3.16. The number of fused-ring (bicyclic) bond motifs is 1. The number of halogens is 1. The number of aryl methyl sites for hydroxylation is 1. The Morgan fingerprint density at radius 3 is 2.82 bits per heavy atom. The third-order valence-electron chi connectivity index (χ3n) is 6.30. The van der Waals surface area contributed by atoms with Gasteiger partial charge in [0.2, 0.25) is 0 Å². The number of carbonyl (C=O) groups excluding carboxylic acids is 1. The molecular formula is C23H25FN4O4S. The van der Waals surface area contributed by atoms with E-state index < -0.39 is 15.7 Å². The second-order valence-corrected chi connectivity index (χ2v) is 10.9. The molecule has 5 rings (SSSR count). The molecule has 33 heavy (non-hydrogen) atoms. The summed E-state index contributed by atoms with van der Waals surface area (Å²) in [5.74, 6) is -0.728. The van der Waals surface area contributed by atoms with Crippen molar-refractivity contribution in [1.29, 1.82) is 0 Å². The van der Waals surface area contributed by atoms with E-state index in [1.165, 1.54) is 6.07 Å². The number of amides is 1. The van der Waals surface area contributed by atoms with Gasteiger partial charge in [0.05, 0.1) is 46.0 Å². The molecule has 2 aromatic heterocycles. The number of rotatable bonds is 5. The van der Waals surface area contributed by atoms with Gasteiger partial charge < -0.3 is 10.1 Å². The van der Waals surface area contributed by atoms with Gasteiger partial charge >= 0.3 is 0 Å². The maximum atomic E-state index is 14.6. The number of sulfone groups is 1. The molecule has 10 heteroatoms. The zero-order valence-corrected chi connectivity index (χ0v) is 19.1. The van der Waals surface area contributed by atoms with Crippen molar-refractivity contribution in [1.82, 2.24) is 20.1 Å². The molecule has 2 unspecified atom stereocenters. The van der Waals surface area contributed by atoms with Crippen molar-refractivity contribution in [3.8, 4) is 11.3 Å². The SMILES string of the molecule is Cc1nn(C2CCS(=O)(=O)C2)c2nc(-c3ccccc3F)cc(C(=O)NCC3CCCO3)c12.